The third-order valence-electron chi connectivity index (χ3n) is 4.20. The predicted molar refractivity (Wildman–Crippen MR) is 119 cm³/mol. The Morgan fingerprint density at radius 2 is 1.97 bits per heavy atom. The third-order valence-corrected chi connectivity index (χ3v) is 5.03. The first-order valence-electron chi connectivity index (χ1n) is 8.77. The normalized spacial score (nSPS) is 12.5. The number of nitrogens with zero attached hydrogens (tertiary/aromatic N) is 3. The quantitative estimate of drug-likeness (QED) is 0.269. The van der Waals surface area contributed by atoms with Gasteiger partial charge in [-0.3, -0.25) is 4.99 Å². The minimum Gasteiger partial charge on any atom is -0.619 e. The highest BCUT2D eigenvalue weighted by Gasteiger charge is 2.16. The van der Waals surface area contributed by atoms with E-state index in [2.05, 4.69) is 9.98 Å². The van der Waals surface area contributed by atoms with E-state index >= 15 is 0 Å². The molecular weight excluding hydrogens is 433 g/mol. The molecule has 0 saturated carbocycles. The van der Waals surface area contributed by atoms with Gasteiger partial charge in [0.05, 0.1) is 5.70 Å². The zero-order valence-corrected chi connectivity index (χ0v) is 18.3. The molecule has 0 aliphatic rings. The number of aromatic nitrogens is 2. The summed E-state index contributed by atoms with van der Waals surface area (Å²) in [6.45, 7) is 5.62. The van der Waals surface area contributed by atoms with E-state index in [9.17, 15) is 5.21 Å². The molecule has 0 saturated heterocycles. The minimum absolute atomic E-state index is 0.0902. The standard InChI is InChI=1S/C21H18Cl3N3O2/c1-4-25-20(13(3)22)15-8-12(2)26-21-14(15)6-5-7-19(21)29-11-16-17(23)9-27(28)10-18(16)24/h4-10H,11H2,1-3H3/b20-13+,25-4?. The molecule has 0 aliphatic carbocycles. The number of fused-ring (bicyclic) bond motifs is 1. The minimum atomic E-state index is 0.0902. The van der Waals surface area contributed by atoms with Gasteiger partial charge in [0, 0.05) is 33.5 Å². The van der Waals surface area contributed by atoms with Gasteiger partial charge in [0.1, 0.15) is 27.9 Å². The molecule has 0 aliphatic heterocycles. The van der Waals surface area contributed by atoms with E-state index < -0.39 is 0 Å². The van der Waals surface area contributed by atoms with Gasteiger partial charge in [0.25, 0.3) is 0 Å². The number of pyridine rings is 2. The average molecular weight is 451 g/mol. The van der Waals surface area contributed by atoms with Gasteiger partial charge in [-0.05, 0) is 32.9 Å². The van der Waals surface area contributed by atoms with Crippen LogP contribution in [0.5, 0.6) is 5.75 Å². The molecule has 2 heterocycles. The number of para-hydroxylation sites is 1. The molecule has 0 N–H and O–H groups in total. The Balaban J connectivity index is 2.08. The lowest BCUT2D eigenvalue weighted by molar-refractivity contribution is -0.605. The molecule has 0 amide bonds. The van der Waals surface area contributed by atoms with Crippen molar-refractivity contribution in [1.29, 1.82) is 0 Å². The van der Waals surface area contributed by atoms with Crippen LogP contribution < -0.4 is 9.47 Å². The number of hydrogen-bond acceptors (Lipinski definition) is 4. The summed E-state index contributed by atoms with van der Waals surface area (Å²) in [5.74, 6) is 0.561. The maximum absolute atomic E-state index is 11.4. The van der Waals surface area contributed by atoms with E-state index in [1.54, 1.807) is 13.1 Å². The molecule has 2 aromatic heterocycles. The van der Waals surface area contributed by atoms with Crippen LogP contribution in [0.1, 0.15) is 30.7 Å². The van der Waals surface area contributed by atoms with Crippen LogP contribution >= 0.6 is 34.8 Å². The van der Waals surface area contributed by atoms with Gasteiger partial charge in [-0.25, -0.2) is 4.98 Å². The van der Waals surface area contributed by atoms with E-state index in [-0.39, 0.29) is 16.7 Å². The maximum atomic E-state index is 11.4. The van der Waals surface area contributed by atoms with Crippen LogP contribution in [-0.2, 0) is 6.61 Å². The summed E-state index contributed by atoms with van der Waals surface area (Å²) in [5.41, 5.74) is 3.54. The van der Waals surface area contributed by atoms with Crippen molar-refractivity contribution in [2.75, 3.05) is 0 Å². The number of allylic oxidation sites excluding steroid dienone is 1. The van der Waals surface area contributed by atoms with Crippen molar-refractivity contribution in [3.8, 4) is 5.75 Å². The van der Waals surface area contributed by atoms with E-state index in [1.807, 2.05) is 38.1 Å². The lowest BCUT2D eigenvalue weighted by atomic mass is 10.0. The Morgan fingerprint density at radius 3 is 2.59 bits per heavy atom. The first-order chi connectivity index (χ1) is 13.8. The second-order valence-electron chi connectivity index (χ2n) is 6.31. The predicted octanol–water partition coefficient (Wildman–Crippen LogP) is 6.08. The fourth-order valence-electron chi connectivity index (χ4n) is 2.95. The highest BCUT2D eigenvalue weighted by Crippen LogP contribution is 2.34. The van der Waals surface area contributed by atoms with Crippen molar-refractivity contribution in [2.24, 2.45) is 4.99 Å². The van der Waals surface area contributed by atoms with Gasteiger partial charge in [0.2, 0.25) is 0 Å². The molecule has 5 nitrogen and oxygen atoms in total. The zero-order valence-electron chi connectivity index (χ0n) is 16.0. The van der Waals surface area contributed by atoms with Crippen molar-refractivity contribution in [1.82, 2.24) is 4.98 Å². The summed E-state index contributed by atoms with van der Waals surface area (Å²) in [6.07, 6.45) is 4.17. The summed E-state index contributed by atoms with van der Waals surface area (Å²) in [6, 6.07) is 7.57. The van der Waals surface area contributed by atoms with Crippen molar-refractivity contribution < 1.29 is 9.47 Å². The maximum Gasteiger partial charge on any atom is 0.199 e. The van der Waals surface area contributed by atoms with E-state index in [1.165, 1.54) is 12.4 Å². The monoisotopic (exact) mass is 449 g/mol. The van der Waals surface area contributed by atoms with Crippen LogP contribution in [0.3, 0.4) is 0 Å². The van der Waals surface area contributed by atoms with Crippen LogP contribution in [0.2, 0.25) is 10.0 Å². The third kappa shape index (κ3) is 4.64. The first-order valence-corrected chi connectivity index (χ1v) is 9.90. The van der Waals surface area contributed by atoms with E-state index in [4.69, 9.17) is 39.5 Å². The van der Waals surface area contributed by atoms with E-state index in [0.29, 0.717) is 32.3 Å². The summed E-state index contributed by atoms with van der Waals surface area (Å²) < 4.78 is 6.54. The lowest BCUT2D eigenvalue weighted by Gasteiger charge is -2.14. The van der Waals surface area contributed by atoms with Crippen LogP contribution in [-0.4, -0.2) is 11.2 Å². The Morgan fingerprint density at radius 1 is 1.28 bits per heavy atom. The Hall–Kier alpha value is -2.34. The lowest BCUT2D eigenvalue weighted by Crippen LogP contribution is -2.25. The molecule has 0 radical (unpaired) electrons. The average Bonchev–Trinajstić information content (AvgIpc) is 2.64. The van der Waals surface area contributed by atoms with Gasteiger partial charge < -0.3 is 9.94 Å². The van der Waals surface area contributed by atoms with Crippen LogP contribution in [0.15, 0.2) is 46.7 Å². The fourth-order valence-corrected chi connectivity index (χ4v) is 3.66. The summed E-state index contributed by atoms with van der Waals surface area (Å²) in [4.78, 5) is 9.07. The van der Waals surface area contributed by atoms with E-state index in [0.717, 1.165) is 16.6 Å². The van der Waals surface area contributed by atoms with Gasteiger partial charge in [-0.15, -0.1) is 0 Å². The van der Waals surface area contributed by atoms with Gasteiger partial charge in [-0.2, -0.15) is 4.73 Å². The SMILES string of the molecule is CC=N/C(=C(\C)Cl)c1cc(C)nc2c(OCc3c(Cl)c[n+]([O-])cc3Cl)cccc12. The molecule has 0 bridgehead atoms. The molecule has 8 heteroatoms. The van der Waals surface area contributed by atoms with Crippen molar-refractivity contribution in [3.63, 3.8) is 0 Å². The molecule has 0 spiro atoms. The highest BCUT2D eigenvalue weighted by molar-refractivity contribution is 6.35. The number of ether oxygens (including phenoxy) is 1. The molecule has 150 valence electrons. The Bertz CT molecular complexity index is 1120. The number of halogens is 3. The number of rotatable bonds is 5. The van der Waals surface area contributed by atoms with Gasteiger partial charge in [0.15, 0.2) is 12.4 Å². The van der Waals surface area contributed by atoms with Crippen molar-refractivity contribution >= 4 is 57.6 Å². The summed E-state index contributed by atoms with van der Waals surface area (Å²) in [5, 5.41) is 13.3. The number of hydrogen-bond donors (Lipinski definition) is 0. The van der Waals surface area contributed by atoms with Crippen molar-refractivity contribution in [3.05, 3.63) is 73.8 Å². The summed E-state index contributed by atoms with van der Waals surface area (Å²) >= 11 is 18.6. The van der Waals surface area contributed by atoms with Crippen LogP contribution in [0.4, 0.5) is 0 Å². The molecule has 3 aromatic rings. The van der Waals surface area contributed by atoms with Gasteiger partial charge in [-0.1, -0.05) is 46.9 Å². The van der Waals surface area contributed by atoms with Crippen molar-refractivity contribution in [2.45, 2.75) is 27.4 Å². The number of aliphatic imine (C=N–C) groups is 1. The van der Waals surface area contributed by atoms with Crippen LogP contribution in [0, 0.1) is 12.1 Å². The van der Waals surface area contributed by atoms with Gasteiger partial charge >= 0.3 is 0 Å². The number of aryl methyl sites for hydroxylation is 1. The van der Waals surface area contributed by atoms with Crippen LogP contribution in [0.25, 0.3) is 16.6 Å². The molecule has 3 rings (SSSR count). The fraction of sp³-hybridized carbons (Fsp3) is 0.190. The Kier molecular flexibility index (Phi) is 6.63. The molecule has 1 aromatic carbocycles. The smallest absolute Gasteiger partial charge is 0.199 e. The molecule has 0 fully saturated rings. The zero-order chi connectivity index (χ0) is 21.1. The largest absolute Gasteiger partial charge is 0.619 e. The Labute approximate surface area is 183 Å². The topological polar surface area (TPSA) is 61.4 Å². The molecule has 29 heavy (non-hydrogen) atoms. The highest BCUT2D eigenvalue weighted by atomic mass is 35.5. The molecule has 0 unspecified atom stereocenters. The molecular formula is C21H18Cl3N3O2. The second-order valence-corrected chi connectivity index (χ2v) is 7.70. The summed E-state index contributed by atoms with van der Waals surface area (Å²) in [7, 11) is 0. The number of benzene rings is 1. The second kappa shape index (κ2) is 8.99. The first kappa shape index (κ1) is 21.4. The molecule has 0 atom stereocenters.